The number of benzene rings is 1. The van der Waals surface area contributed by atoms with Crippen molar-refractivity contribution in [1.29, 1.82) is 0 Å². The van der Waals surface area contributed by atoms with Crippen LogP contribution in [0, 0.1) is 0 Å². The predicted octanol–water partition coefficient (Wildman–Crippen LogP) is 2.31. The summed E-state index contributed by atoms with van der Waals surface area (Å²) in [5.41, 5.74) is 1.18. The van der Waals surface area contributed by atoms with Gasteiger partial charge in [-0.25, -0.2) is 0 Å². The van der Waals surface area contributed by atoms with Gasteiger partial charge in [0, 0.05) is 6.42 Å². The van der Waals surface area contributed by atoms with Gasteiger partial charge < -0.3 is 14.6 Å². The number of carbonyl (C=O) groups is 1. The lowest BCUT2D eigenvalue weighted by Crippen LogP contribution is -3.06. The maximum atomic E-state index is 12.6. The Balaban J connectivity index is 1.78. The van der Waals surface area contributed by atoms with Crippen molar-refractivity contribution in [3.8, 4) is 0 Å². The van der Waals surface area contributed by atoms with Crippen molar-refractivity contribution in [3.05, 3.63) is 65.9 Å². The zero-order valence-corrected chi connectivity index (χ0v) is 18.8. The summed E-state index contributed by atoms with van der Waals surface area (Å²) in [6.45, 7) is 5.10. The molecule has 0 radical (unpaired) electrons. The molecule has 3 aromatic rings. The predicted molar refractivity (Wildman–Crippen MR) is 117 cm³/mol. The highest BCUT2D eigenvalue weighted by atomic mass is 32.2. The van der Waals surface area contributed by atoms with E-state index < -0.39 is 0 Å². The van der Waals surface area contributed by atoms with Crippen molar-refractivity contribution >= 4 is 17.7 Å². The first-order valence-corrected chi connectivity index (χ1v) is 11.1. The molecule has 0 aliphatic heterocycles. The second-order valence-corrected chi connectivity index (χ2v) is 8.82. The third-order valence-electron chi connectivity index (χ3n) is 5.01. The fourth-order valence-corrected chi connectivity index (χ4v) is 4.23. The minimum Gasteiger partial charge on any atom is -0.467 e. The van der Waals surface area contributed by atoms with Gasteiger partial charge in [0.15, 0.2) is 11.0 Å². The van der Waals surface area contributed by atoms with Gasteiger partial charge in [-0.2, -0.15) is 0 Å². The SMILES string of the molecule is CC[C@H](c1nnc(S[C@@H](C)C(=O)NCc2ccco2)n1Cc1ccccc1)[NH+](C)C. The van der Waals surface area contributed by atoms with Crippen LogP contribution in [0.25, 0.3) is 0 Å². The molecule has 0 saturated carbocycles. The van der Waals surface area contributed by atoms with Crippen LogP contribution in [0.15, 0.2) is 58.3 Å². The van der Waals surface area contributed by atoms with Crippen molar-refractivity contribution in [1.82, 2.24) is 20.1 Å². The summed E-state index contributed by atoms with van der Waals surface area (Å²) < 4.78 is 7.43. The van der Waals surface area contributed by atoms with Gasteiger partial charge >= 0.3 is 0 Å². The Kier molecular flexibility index (Phi) is 7.70. The third kappa shape index (κ3) is 5.52. The number of amides is 1. The molecule has 0 aliphatic rings. The Bertz CT molecular complexity index is 924. The molecule has 160 valence electrons. The molecule has 0 fully saturated rings. The minimum absolute atomic E-state index is 0.0579. The number of carbonyl (C=O) groups excluding carboxylic acids is 1. The van der Waals surface area contributed by atoms with E-state index in [2.05, 4.69) is 53.2 Å². The summed E-state index contributed by atoms with van der Waals surface area (Å²) >= 11 is 1.43. The Labute approximate surface area is 181 Å². The van der Waals surface area contributed by atoms with Crippen LogP contribution >= 0.6 is 11.8 Å². The quantitative estimate of drug-likeness (QED) is 0.485. The lowest BCUT2D eigenvalue weighted by atomic mass is 10.2. The molecule has 7 nitrogen and oxygen atoms in total. The minimum atomic E-state index is -0.307. The maximum Gasteiger partial charge on any atom is 0.233 e. The highest BCUT2D eigenvalue weighted by Gasteiger charge is 2.27. The van der Waals surface area contributed by atoms with Crippen molar-refractivity contribution in [3.63, 3.8) is 0 Å². The van der Waals surface area contributed by atoms with Crippen LogP contribution in [0.5, 0.6) is 0 Å². The van der Waals surface area contributed by atoms with E-state index in [1.54, 1.807) is 6.26 Å². The second-order valence-electron chi connectivity index (χ2n) is 7.51. The topological polar surface area (TPSA) is 77.4 Å². The van der Waals surface area contributed by atoms with Crippen LogP contribution in [-0.2, 0) is 17.9 Å². The summed E-state index contributed by atoms with van der Waals surface area (Å²) in [6.07, 6.45) is 2.56. The Hall–Kier alpha value is -2.58. The van der Waals surface area contributed by atoms with E-state index >= 15 is 0 Å². The average Bonchev–Trinajstić information content (AvgIpc) is 3.39. The van der Waals surface area contributed by atoms with Crippen LogP contribution < -0.4 is 10.2 Å². The Morgan fingerprint density at radius 1 is 1.20 bits per heavy atom. The van der Waals surface area contributed by atoms with Gasteiger partial charge in [-0.05, 0) is 24.6 Å². The van der Waals surface area contributed by atoms with Gasteiger partial charge in [-0.1, -0.05) is 49.0 Å². The molecule has 8 heteroatoms. The van der Waals surface area contributed by atoms with Gasteiger partial charge in [-0.3, -0.25) is 9.36 Å². The number of quaternary nitrogens is 1. The highest BCUT2D eigenvalue weighted by molar-refractivity contribution is 8.00. The second kappa shape index (κ2) is 10.4. The van der Waals surface area contributed by atoms with Crippen molar-refractivity contribution < 1.29 is 14.1 Å². The fourth-order valence-electron chi connectivity index (χ4n) is 3.35. The number of hydrogen-bond donors (Lipinski definition) is 2. The standard InChI is InChI=1S/C22H29N5O2S/c1-5-19(26(3)4)20-24-25-22(27(20)15-17-10-7-6-8-11-17)30-16(2)21(28)23-14-18-12-9-13-29-18/h6-13,16,19H,5,14-15H2,1-4H3,(H,23,28)/p+1/t16-,19+/m0/s1. The van der Waals surface area contributed by atoms with Gasteiger partial charge in [0.05, 0.1) is 38.7 Å². The lowest BCUT2D eigenvalue weighted by molar-refractivity contribution is -0.893. The molecule has 2 N–H and O–H groups in total. The van der Waals surface area contributed by atoms with Crippen LogP contribution in [0.4, 0.5) is 0 Å². The molecule has 2 atom stereocenters. The first-order valence-electron chi connectivity index (χ1n) is 10.2. The maximum absolute atomic E-state index is 12.6. The van der Waals surface area contributed by atoms with Crippen LogP contribution in [0.1, 0.15) is 43.5 Å². The van der Waals surface area contributed by atoms with Crippen molar-refractivity contribution in [2.45, 2.75) is 49.8 Å². The number of hydrogen-bond acceptors (Lipinski definition) is 5. The molecule has 2 heterocycles. The summed E-state index contributed by atoms with van der Waals surface area (Å²) in [5.74, 6) is 1.62. The van der Waals surface area contributed by atoms with Gasteiger partial charge in [-0.15, -0.1) is 10.2 Å². The zero-order chi connectivity index (χ0) is 21.5. The average molecular weight is 429 g/mol. The van der Waals surface area contributed by atoms with Crippen LogP contribution in [0.2, 0.25) is 0 Å². The summed E-state index contributed by atoms with van der Waals surface area (Å²) in [7, 11) is 4.26. The zero-order valence-electron chi connectivity index (χ0n) is 18.0. The Morgan fingerprint density at radius 2 is 1.97 bits per heavy atom. The smallest absolute Gasteiger partial charge is 0.233 e. The van der Waals surface area contributed by atoms with Gasteiger partial charge in [0.25, 0.3) is 0 Å². The van der Waals surface area contributed by atoms with Crippen LogP contribution in [0.3, 0.4) is 0 Å². The molecular weight excluding hydrogens is 398 g/mol. The highest BCUT2D eigenvalue weighted by Crippen LogP contribution is 2.26. The van der Waals surface area contributed by atoms with E-state index in [4.69, 9.17) is 4.42 Å². The fraction of sp³-hybridized carbons (Fsp3) is 0.409. The molecule has 0 unspecified atom stereocenters. The molecule has 1 aromatic carbocycles. The van der Waals surface area contributed by atoms with E-state index in [0.29, 0.717) is 13.1 Å². The normalized spacial score (nSPS) is 13.4. The lowest BCUT2D eigenvalue weighted by Gasteiger charge is -2.21. The number of rotatable bonds is 10. The number of thioether (sulfide) groups is 1. The number of nitrogens with one attached hydrogen (secondary N) is 2. The third-order valence-corrected chi connectivity index (χ3v) is 6.09. The van der Waals surface area contributed by atoms with E-state index in [9.17, 15) is 4.79 Å². The molecular formula is C22H30N5O2S+. The Morgan fingerprint density at radius 3 is 2.60 bits per heavy atom. The molecule has 3 rings (SSSR count). The summed E-state index contributed by atoms with van der Waals surface area (Å²) in [5, 5.41) is 12.4. The largest absolute Gasteiger partial charge is 0.467 e. The molecule has 1 amide bonds. The molecule has 0 spiro atoms. The monoisotopic (exact) mass is 428 g/mol. The van der Waals surface area contributed by atoms with E-state index in [-0.39, 0.29) is 17.2 Å². The summed E-state index contributed by atoms with van der Waals surface area (Å²) in [4.78, 5) is 13.9. The first kappa shape index (κ1) is 22.1. The van der Waals surface area contributed by atoms with Gasteiger partial charge in [0.1, 0.15) is 11.8 Å². The first-order chi connectivity index (χ1) is 14.5. The molecule has 0 saturated heterocycles. The van der Waals surface area contributed by atoms with E-state index in [0.717, 1.165) is 23.2 Å². The number of furan rings is 1. The van der Waals surface area contributed by atoms with E-state index in [1.807, 2.05) is 37.3 Å². The molecule has 0 aliphatic carbocycles. The number of nitrogens with zero attached hydrogens (tertiary/aromatic N) is 3. The van der Waals surface area contributed by atoms with Crippen molar-refractivity contribution in [2.24, 2.45) is 0 Å². The molecule has 2 aromatic heterocycles. The van der Waals surface area contributed by atoms with Gasteiger partial charge in [0.2, 0.25) is 5.91 Å². The van der Waals surface area contributed by atoms with Crippen LogP contribution in [-0.4, -0.2) is 40.0 Å². The van der Waals surface area contributed by atoms with E-state index in [1.165, 1.54) is 22.2 Å². The molecule has 0 bridgehead atoms. The molecule has 30 heavy (non-hydrogen) atoms. The number of aromatic nitrogens is 3. The van der Waals surface area contributed by atoms with Crippen molar-refractivity contribution in [2.75, 3.05) is 14.1 Å². The summed E-state index contributed by atoms with van der Waals surface area (Å²) in [6, 6.07) is 14.2.